The summed E-state index contributed by atoms with van der Waals surface area (Å²) < 4.78 is 12.9. The maximum Gasteiger partial charge on any atom is 0.457 e. The third kappa shape index (κ3) is 2.47. The molecule has 6 rings (SSSR count). The molecule has 0 aromatic rings. The summed E-state index contributed by atoms with van der Waals surface area (Å²) in [6.07, 6.45) is 5.95. The molecule has 0 radical (unpaired) electrons. The number of carbonyl (C=O) groups is 1. The Morgan fingerprint density at radius 1 is 1.31 bits per heavy atom. The molecule has 29 heavy (non-hydrogen) atoms. The van der Waals surface area contributed by atoms with Gasteiger partial charge >= 0.3 is 13.1 Å². The molecule has 3 heterocycles. The van der Waals surface area contributed by atoms with Gasteiger partial charge < -0.3 is 30.8 Å². The lowest BCUT2D eigenvalue weighted by Crippen LogP contribution is -2.65. The zero-order chi connectivity index (χ0) is 20.7. The van der Waals surface area contributed by atoms with Crippen molar-refractivity contribution < 1.29 is 19.2 Å². The van der Waals surface area contributed by atoms with Gasteiger partial charge in [0, 0.05) is 24.5 Å². The zero-order valence-electron chi connectivity index (χ0n) is 18.0. The van der Waals surface area contributed by atoms with Crippen molar-refractivity contribution in [2.24, 2.45) is 28.4 Å². The van der Waals surface area contributed by atoms with Gasteiger partial charge in [0.05, 0.1) is 11.7 Å². The summed E-state index contributed by atoms with van der Waals surface area (Å²) in [6, 6.07) is 0.0344. The number of fused-ring (bicyclic) bond motifs is 1. The minimum atomic E-state index is -0.903. The lowest BCUT2D eigenvalue weighted by atomic mass is 9.43. The van der Waals surface area contributed by atoms with Gasteiger partial charge in [-0.05, 0) is 62.7 Å². The van der Waals surface area contributed by atoms with Crippen LogP contribution in [0.5, 0.6) is 0 Å². The molecule has 0 unspecified atom stereocenters. The van der Waals surface area contributed by atoms with Crippen molar-refractivity contribution in [1.29, 1.82) is 0 Å². The van der Waals surface area contributed by atoms with Crippen LogP contribution in [0.4, 0.5) is 0 Å². The van der Waals surface area contributed by atoms with Crippen molar-refractivity contribution >= 4 is 13.1 Å². The molecule has 6 fully saturated rings. The Morgan fingerprint density at radius 2 is 2.10 bits per heavy atom. The summed E-state index contributed by atoms with van der Waals surface area (Å²) in [7, 11) is -0.171. The van der Waals surface area contributed by atoms with Crippen LogP contribution >= 0.6 is 0 Å². The molecule has 3 aliphatic carbocycles. The van der Waals surface area contributed by atoms with Gasteiger partial charge in [-0.25, -0.2) is 0 Å². The van der Waals surface area contributed by atoms with Gasteiger partial charge in [0.15, 0.2) is 0 Å². The van der Waals surface area contributed by atoms with E-state index in [-0.39, 0.29) is 30.3 Å². The quantitative estimate of drug-likeness (QED) is 0.493. The van der Waals surface area contributed by atoms with Crippen LogP contribution in [0.15, 0.2) is 0 Å². The van der Waals surface area contributed by atoms with E-state index in [1.807, 2.05) is 0 Å². The summed E-state index contributed by atoms with van der Waals surface area (Å²) >= 11 is 0. The summed E-state index contributed by atoms with van der Waals surface area (Å²) in [5, 5.41) is 16.7. The molecule has 7 atom stereocenters. The summed E-state index contributed by atoms with van der Waals surface area (Å²) in [5.41, 5.74) is 4.97. The molecule has 6 aliphatic rings. The molecule has 8 heteroatoms. The molecule has 0 aromatic carbocycles. The SMILES string of the molecule is CC1(C)[C@@H]2C[C@H]3OB(CCC[C@]45CCN[C@@]4(C(=O)O)CN[C@H]5CN)O[C@@]3(C)[C@H]1C2. The second-order valence-electron chi connectivity index (χ2n) is 11.0. The number of aliphatic carboxylic acids is 1. The molecule has 3 saturated carbocycles. The molecule has 7 nitrogen and oxygen atoms in total. The Bertz CT molecular complexity index is 707. The predicted octanol–water partition coefficient (Wildman–Crippen LogP) is 1.23. The van der Waals surface area contributed by atoms with E-state index in [0.29, 0.717) is 24.4 Å². The smallest absolute Gasteiger partial charge is 0.457 e. The molecule has 0 spiro atoms. The lowest BCUT2D eigenvalue weighted by Gasteiger charge is -2.64. The van der Waals surface area contributed by atoms with Crippen molar-refractivity contribution in [3.05, 3.63) is 0 Å². The highest BCUT2D eigenvalue weighted by atomic mass is 16.7. The molecule has 3 aliphatic heterocycles. The van der Waals surface area contributed by atoms with Crippen LogP contribution in [0.3, 0.4) is 0 Å². The van der Waals surface area contributed by atoms with Crippen molar-refractivity contribution in [2.75, 3.05) is 19.6 Å². The first-order valence-corrected chi connectivity index (χ1v) is 11.4. The van der Waals surface area contributed by atoms with Gasteiger partial charge in [0.25, 0.3) is 0 Å². The van der Waals surface area contributed by atoms with E-state index >= 15 is 0 Å². The number of hydrogen-bond donors (Lipinski definition) is 4. The van der Waals surface area contributed by atoms with Gasteiger partial charge in [-0.15, -0.1) is 0 Å². The van der Waals surface area contributed by atoms with E-state index in [2.05, 4.69) is 31.4 Å². The van der Waals surface area contributed by atoms with Crippen LogP contribution in [0, 0.1) is 22.7 Å². The zero-order valence-corrected chi connectivity index (χ0v) is 18.0. The summed E-state index contributed by atoms with van der Waals surface area (Å²) in [6.45, 7) is 8.65. The molecular formula is C21H36BN3O4. The van der Waals surface area contributed by atoms with E-state index in [1.165, 1.54) is 6.42 Å². The van der Waals surface area contributed by atoms with E-state index < -0.39 is 11.5 Å². The second kappa shape index (κ2) is 6.42. The van der Waals surface area contributed by atoms with Crippen molar-refractivity contribution in [3.63, 3.8) is 0 Å². The third-order valence-corrected chi connectivity index (χ3v) is 9.79. The normalized spacial score (nSPS) is 49.6. The number of hydrogen-bond acceptors (Lipinski definition) is 6. The van der Waals surface area contributed by atoms with Crippen LogP contribution in [0.2, 0.25) is 6.32 Å². The fraction of sp³-hybridized carbons (Fsp3) is 0.952. The Labute approximate surface area is 174 Å². The lowest BCUT2D eigenvalue weighted by molar-refractivity contribution is -0.199. The topological polar surface area (TPSA) is 106 Å². The number of nitrogens with one attached hydrogen (secondary N) is 2. The number of rotatable bonds is 6. The molecule has 3 saturated heterocycles. The first-order valence-electron chi connectivity index (χ1n) is 11.4. The Hall–Kier alpha value is -0.665. The molecular weight excluding hydrogens is 369 g/mol. The van der Waals surface area contributed by atoms with Crippen molar-refractivity contribution in [2.45, 2.75) is 82.5 Å². The van der Waals surface area contributed by atoms with Gasteiger partial charge in [-0.2, -0.15) is 0 Å². The number of carboxylic acids is 1. The monoisotopic (exact) mass is 405 g/mol. The summed E-state index contributed by atoms with van der Waals surface area (Å²) in [5.74, 6) is 0.566. The Balaban J connectivity index is 1.25. The largest absolute Gasteiger partial charge is 0.480 e. The first-order chi connectivity index (χ1) is 13.7. The van der Waals surface area contributed by atoms with E-state index in [4.69, 9.17) is 15.0 Å². The van der Waals surface area contributed by atoms with E-state index in [1.54, 1.807) is 0 Å². The van der Waals surface area contributed by atoms with Crippen LogP contribution in [0.25, 0.3) is 0 Å². The van der Waals surface area contributed by atoms with Crippen LogP contribution in [0.1, 0.15) is 52.9 Å². The fourth-order valence-electron chi connectivity index (χ4n) is 7.92. The van der Waals surface area contributed by atoms with Gasteiger partial charge in [-0.1, -0.05) is 20.3 Å². The standard InChI is InChI=1S/C21H36BN3O4/c1-18(2)13-9-14(18)19(3)16(10-13)28-22(29-19)7-4-5-20-6-8-25-21(20,17(26)27)12-24-15(20)11-23/h13-16,24-25H,4-12,23H2,1-3H3,(H,26,27)/t13-,14-,15-,16+,19-,20+,21+/m0/s1. The maximum absolute atomic E-state index is 12.2. The maximum atomic E-state index is 12.2. The number of nitrogens with two attached hydrogens (primary N) is 1. The molecule has 2 bridgehead atoms. The fourth-order valence-corrected chi connectivity index (χ4v) is 7.92. The molecule has 0 aromatic heterocycles. The molecule has 162 valence electrons. The highest BCUT2D eigenvalue weighted by molar-refractivity contribution is 6.45. The Morgan fingerprint density at radius 3 is 2.79 bits per heavy atom. The molecule has 5 N–H and O–H groups in total. The second-order valence-corrected chi connectivity index (χ2v) is 11.0. The van der Waals surface area contributed by atoms with Crippen LogP contribution in [-0.2, 0) is 14.1 Å². The number of carboxylic acid groups (broad SMARTS) is 1. The third-order valence-electron chi connectivity index (χ3n) is 9.79. The first kappa shape index (κ1) is 20.2. The Kier molecular flexibility index (Phi) is 4.48. The summed E-state index contributed by atoms with van der Waals surface area (Å²) in [4.78, 5) is 12.2. The van der Waals surface area contributed by atoms with Gasteiger partial charge in [0.1, 0.15) is 5.54 Å². The van der Waals surface area contributed by atoms with E-state index in [9.17, 15) is 9.90 Å². The van der Waals surface area contributed by atoms with Crippen LogP contribution in [-0.4, -0.2) is 61.1 Å². The van der Waals surface area contributed by atoms with E-state index in [0.717, 1.165) is 44.5 Å². The predicted molar refractivity (Wildman–Crippen MR) is 110 cm³/mol. The average Bonchev–Trinajstić information content (AvgIpc) is 3.28. The highest BCUT2D eigenvalue weighted by Gasteiger charge is 2.68. The van der Waals surface area contributed by atoms with Crippen molar-refractivity contribution in [3.8, 4) is 0 Å². The average molecular weight is 405 g/mol. The van der Waals surface area contributed by atoms with Crippen molar-refractivity contribution in [1.82, 2.24) is 10.6 Å². The minimum absolute atomic E-state index is 0.0344. The minimum Gasteiger partial charge on any atom is -0.480 e. The van der Waals surface area contributed by atoms with Gasteiger partial charge in [-0.3, -0.25) is 4.79 Å². The highest BCUT2D eigenvalue weighted by Crippen LogP contribution is 2.65. The van der Waals surface area contributed by atoms with Crippen LogP contribution < -0.4 is 16.4 Å². The van der Waals surface area contributed by atoms with Gasteiger partial charge in [0.2, 0.25) is 0 Å². The molecule has 0 amide bonds.